The lowest BCUT2D eigenvalue weighted by molar-refractivity contribution is -0.122. The van der Waals surface area contributed by atoms with Crippen molar-refractivity contribution >= 4 is 23.9 Å². The Kier molecular flexibility index (Phi) is 9.76. The van der Waals surface area contributed by atoms with Gasteiger partial charge >= 0.3 is 0 Å². The highest BCUT2D eigenvalue weighted by Gasteiger charge is 2.30. The number of piperidine rings is 2. The van der Waals surface area contributed by atoms with Gasteiger partial charge in [0.25, 0.3) is 0 Å². The van der Waals surface area contributed by atoms with Crippen molar-refractivity contribution in [2.75, 3.05) is 26.2 Å². The highest BCUT2D eigenvalue weighted by atomic mass is 35.5. The van der Waals surface area contributed by atoms with Crippen LogP contribution in [-0.4, -0.2) is 70.0 Å². The Bertz CT molecular complexity index is 422. The zero-order valence-electron chi connectivity index (χ0n) is 14.3. The van der Waals surface area contributed by atoms with Gasteiger partial charge in [0.1, 0.15) is 5.78 Å². The van der Waals surface area contributed by atoms with E-state index in [4.69, 9.17) is 10.4 Å². The van der Waals surface area contributed by atoms with Crippen molar-refractivity contribution in [1.82, 2.24) is 9.80 Å². The maximum absolute atomic E-state index is 11.0. The molecule has 2 atom stereocenters. The number of oxime groups is 1. The fraction of sp³-hybridized carbons (Fsp3) is 0.875. The van der Waals surface area contributed by atoms with E-state index in [1.165, 1.54) is 38.8 Å². The quantitative estimate of drug-likeness (QED) is 0.447. The third-order valence-corrected chi connectivity index (χ3v) is 5.44. The summed E-state index contributed by atoms with van der Waals surface area (Å²) >= 11 is 0. The largest absolute Gasteiger partial charge is 0.411 e. The number of fused-ring (bicyclic) bond motifs is 2. The maximum atomic E-state index is 11.0. The van der Waals surface area contributed by atoms with Gasteiger partial charge in [0.2, 0.25) is 0 Å². The Labute approximate surface area is 150 Å². The summed E-state index contributed by atoms with van der Waals surface area (Å²) in [5.41, 5.74) is 0.994. The third-order valence-electron chi connectivity index (χ3n) is 5.44. The molecule has 0 spiro atoms. The van der Waals surface area contributed by atoms with E-state index in [-0.39, 0.29) is 12.4 Å². The highest BCUT2D eigenvalue weighted by Crippen LogP contribution is 2.25. The molecule has 140 valence electrons. The van der Waals surface area contributed by atoms with Gasteiger partial charge in [-0.2, -0.15) is 0 Å². The smallest absolute Gasteiger partial charge is 0.135 e. The van der Waals surface area contributed by atoms with Crippen LogP contribution in [0.2, 0.25) is 0 Å². The van der Waals surface area contributed by atoms with E-state index in [0.29, 0.717) is 17.9 Å². The van der Waals surface area contributed by atoms with Crippen LogP contribution in [0.15, 0.2) is 5.16 Å². The number of nitrogens with zero attached hydrogens (tertiary/aromatic N) is 3. The summed E-state index contributed by atoms with van der Waals surface area (Å²) < 4.78 is 0. The first-order chi connectivity index (χ1) is 11.3. The zero-order valence-corrected chi connectivity index (χ0v) is 15.1. The summed E-state index contributed by atoms with van der Waals surface area (Å²) in [6.07, 6.45) is 8.77. The number of carbonyl (C=O) groups is 1. The van der Waals surface area contributed by atoms with Gasteiger partial charge in [0.05, 0.1) is 5.71 Å². The van der Waals surface area contributed by atoms with E-state index in [1.54, 1.807) is 0 Å². The molecule has 0 amide bonds. The van der Waals surface area contributed by atoms with Crippen LogP contribution in [0, 0.1) is 0 Å². The standard InChI is InChI=1S/C8H14N2O.C8H13NO.ClH.H3NO/c11-9-7-3-5-10-4-1-2-8(10)6-7;10-8-3-5-9-4-1-2-7(9)6-8;;1-2/h8,11H,1-6H2;7H,1-6H2;1H;2H,1H2. The monoisotopic (exact) mass is 362 g/mol. The fourth-order valence-electron chi connectivity index (χ4n) is 4.21. The molecular formula is C16H31ClN4O3. The number of hydrogen-bond donors (Lipinski definition) is 3. The van der Waals surface area contributed by atoms with Gasteiger partial charge in [-0.25, -0.2) is 5.90 Å². The summed E-state index contributed by atoms with van der Waals surface area (Å²) in [4.78, 5) is 15.9. The summed E-state index contributed by atoms with van der Waals surface area (Å²) in [5, 5.41) is 18.4. The SMILES string of the molecule is Cl.NO.O=C1CCN2CCCC2C1.ON=C1CCN2CCCC2C1. The highest BCUT2D eigenvalue weighted by molar-refractivity contribution is 5.85. The van der Waals surface area contributed by atoms with Crippen molar-refractivity contribution in [1.29, 1.82) is 0 Å². The lowest BCUT2D eigenvalue weighted by atomic mass is 10.0. The molecule has 24 heavy (non-hydrogen) atoms. The van der Waals surface area contributed by atoms with Crippen LogP contribution in [0.1, 0.15) is 51.4 Å². The number of nitrogens with two attached hydrogens (primary N) is 1. The van der Waals surface area contributed by atoms with Crippen LogP contribution in [0.25, 0.3) is 0 Å². The molecule has 4 fully saturated rings. The molecule has 4 saturated heterocycles. The lowest BCUT2D eigenvalue weighted by Gasteiger charge is -2.29. The van der Waals surface area contributed by atoms with Crippen molar-refractivity contribution in [2.45, 2.75) is 63.5 Å². The van der Waals surface area contributed by atoms with Gasteiger partial charge in [-0.15, -0.1) is 12.4 Å². The first-order valence-electron chi connectivity index (χ1n) is 8.71. The van der Waals surface area contributed by atoms with Crippen LogP contribution >= 0.6 is 12.4 Å². The summed E-state index contributed by atoms with van der Waals surface area (Å²) in [5.74, 6) is 3.98. The molecule has 0 bridgehead atoms. The predicted molar refractivity (Wildman–Crippen MR) is 95.1 cm³/mol. The van der Waals surface area contributed by atoms with Gasteiger partial charge in [0, 0.05) is 50.9 Å². The number of carbonyl (C=O) groups excluding carboxylic acids is 1. The minimum Gasteiger partial charge on any atom is -0.411 e. The maximum Gasteiger partial charge on any atom is 0.135 e. The Morgan fingerprint density at radius 3 is 2.04 bits per heavy atom. The number of rotatable bonds is 0. The Morgan fingerprint density at radius 2 is 1.46 bits per heavy atom. The zero-order chi connectivity index (χ0) is 16.7. The minimum atomic E-state index is 0. The third kappa shape index (κ3) is 5.67. The fourth-order valence-corrected chi connectivity index (χ4v) is 4.21. The molecule has 0 saturated carbocycles. The number of hydrogen-bond acceptors (Lipinski definition) is 7. The number of Topliss-reactive ketones (excluding diaryl/α,β-unsaturated/α-hetero) is 1. The molecule has 4 aliphatic rings. The second-order valence-corrected chi connectivity index (χ2v) is 6.78. The number of ketones is 1. The van der Waals surface area contributed by atoms with Gasteiger partial charge in [-0.3, -0.25) is 14.6 Å². The molecule has 4 N–H and O–H groups in total. The molecule has 4 heterocycles. The predicted octanol–water partition coefficient (Wildman–Crippen LogP) is 1.64. The Morgan fingerprint density at radius 1 is 0.917 bits per heavy atom. The molecule has 0 radical (unpaired) electrons. The second kappa shape index (κ2) is 11.0. The average Bonchev–Trinajstić information content (AvgIpc) is 3.24. The van der Waals surface area contributed by atoms with Crippen molar-refractivity contribution < 1.29 is 15.2 Å². The average molecular weight is 363 g/mol. The van der Waals surface area contributed by atoms with E-state index >= 15 is 0 Å². The van der Waals surface area contributed by atoms with Crippen molar-refractivity contribution in [3.8, 4) is 0 Å². The van der Waals surface area contributed by atoms with Crippen LogP contribution < -0.4 is 5.90 Å². The Hall–Kier alpha value is -0.730. The van der Waals surface area contributed by atoms with Gasteiger partial charge < -0.3 is 10.4 Å². The van der Waals surface area contributed by atoms with Crippen LogP contribution in [-0.2, 0) is 4.79 Å². The summed E-state index contributed by atoms with van der Waals surface area (Å²) in [6, 6.07) is 1.32. The molecule has 0 aromatic heterocycles. The van der Waals surface area contributed by atoms with E-state index in [1.807, 2.05) is 0 Å². The summed E-state index contributed by atoms with van der Waals surface area (Å²) in [6.45, 7) is 4.62. The second-order valence-electron chi connectivity index (χ2n) is 6.78. The van der Waals surface area contributed by atoms with Crippen molar-refractivity contribution in [3.63, 3.8) is 0 Å². The van der Waals surface area contributed by atoms with E-state index in [0.717, 1.165) is 44.5 Å². The molecule has 0 aliphatic carbocycles. The first-order valence-corrected chi connectivity index (χ1v) is 8.71. The van der Waals surface area contributed by atoms with Crippen molar-refractivity contribution in [2.24, 2.45) is 11.1 Å². The lowest BCUT2D eigenvalue weighted by Crippen LogP contribution is -2.38. The molecular weight excluding hydrogens is 332 g/mol. The summed E-state index contributed by atoms with van der Waals surface area (Å²) in [7, 11) is 0. The van der Waals surface area contributed by atoms with Gasteiger partial charge in [0.15, 0.2) is 0 Å². The minimum absolute atomic E-state index is 0. The molecule has 8 heteroatoms. The van der Waals surface area contributed by atoms with E-state index in [2.05, 4.69) is 20.9 Å². The van der Waals surface area contributed by atoms with Gasteiger partial charge in [-0.05, 0) is 38.8 Å². The van der Waals surface area contributed by atoms with Crippen LogP contribution in [0.4, 0.5) is 0 Å². The van der Waals surface area contributed by atoms with E-state index < -0.39 is 0 Å². The normalized spacial score (nSPS) is 31.1. The van der Waals surface area contributed by atoms with E-state index in [9.17, 15) is 4.79 Å². The Balaban J connectivity index is 0.000000211. The molecule has 2 unspecified atom stereocenters. The molecule has 4 aliphatic heterocycles. The molecule has 0 aromatic carbocycles. The van der Waals surface area contributed by atoms with Crippen LogP contribution in [0.3, 0.4) is 0 Å². The molecule has 7 nitrogen and oxygen atoms in total. The topological polar surface area (TPSA) is 102 Å². The number of halogens is 1. The van der Waals surface area contributed by atoms with Crippen molar-refractivity contribution in [3.05, 3.63) is 0 Å². The molecule has 0 aromatic rings. The first kappa shape index (κ1) is 21.3. The van der Waals surface area contributed by atoms with Gasteiger partial charge in [-0.1, -0.05) is 5.16 Å². The molecule has 4 rings (SSSR count). The van der Waals surface area contributed by atoms with Crippen LogP contribution in [0.5, 0.6) is 0 Å².